The third kappa shape index (κ3) is 5.34. The zero-order chi connectivity index (χ0) is 18.5. The summed E-state index contributed by atoms with van der Waals surface area (Å²) in [6, 6.07) is 7.85. The predicted molar refractivity (Wildman–Crippen MR) is 106 cm³/mol. The van der Waals surface area contributed by atoms with Crippen molar-refractivity contribution in [3.05, 3.63) is 29.8 Å². The van der Waals surface area contributed by atoms with E-state index in [0.29, 0.717) is 38.5 Å². The molecule has 1 amide bonds. The summed E-state index contributed by atoms with van der Waals surface area (Å²) in [7, 11) is -3.48. The summed E-state index contributed by atoms with van der Waals surface area (Å²) in [6.45, 7) is 5.88. The van der Waals surface area contributed by atoms with Gasteiger partial charge < -0.3 is 15.4 Å². The molecule has 2 rings (SSSR count). The molecule has 0 bridgehead atoms. The van der Waals surface area contributed by atoms with Crippen molar-refractivity contribution < 1.29 is 17.9 Å². The smallest absolute Gasteiger partial charge is 0.241 e. The van der Waals surface area contributed by atoms with Crippen molar-refractivity contribution in [2.24, 2.45) is 0 Å². The molecule has 0 spiro atoms. The average molecular weight is 405 g/mol. The van der Waals surface area contributed by atoms with Gasteiger partial charge in [0.15, 0.2) is 14.6 Å². The molecule has 148 valence electrons. The summed E-state index contributed by atoms with van der Waals surface area (Å²) in [5.41, 5.74) is 1.24. The van der Waals surface area contributed by atoms with Gasteiger partial charge in [-0.2, -0.15) is 0 Å². The monoisotopic (exact) mass is 404 g/mol. The molecular formula is C18H29ClN2O4S. The Labute approximate surface area is 162 Å². The Hall–Kier alpha value is -1.31. The Kier molecular flexibility index (Phi) is 8.37. The van der Waals surface area contributed by atoms with Crippen LogP contribution in [0.15, 0.2) is 24.3 Å². The van der Waals surface area contributed by atoms with Gasteiger partial charge in [0, 0.05) is 6.26 Å². The summed E-state index contributed by atoms with van der Waals surface area (Å²) >= 11 is 0. The van der Waals surface area contributed by atoms with Crippen LogP contribution in [0.1, 0.15) is 38.2 Å². The lowest BCUT2D eigenvalue weighted by molar-refractivity contribution is -0.124. The first kappa shape index (κ1) is 22.7. The molecule has 0 aliphatic carbocycles. The molecule has 1 heterocycles. The van der Waals surface area contributed by atoms with Crippen molar-refractivity contribution in [3.63, 3.8) is 0 Å². The number of halogens is 1. The van der Waals surface area contributed by atoms with E-state index in [0.717, 1.165) is 12.0 Å². The number of nitrogens with one attached hydrogen (secondary N) is 2. The van der Waals surface area contributed by atoms with Gasteiger partial charge in [-0.05, 0) is 49.5 Å². The SMILES string of the molecule is CC(C)c1ccc(OCCNC(=O)C2(S(C)(=O)=O)CCNCC2)cc1.Cl. The Morgan fingerprint density at radius 3 is 2.31 bits per heavy atom. The Bertz CT molecular complexity index is 684. The average Bonchev–Trinajstić information content (AvgIpc) is 2.58. The molecule has 26 heavy (non-hydrogen) atoms. The van der Waals surface area contributed by atoms with Crippen LogP contribution in [-0.4, -0.2) is 51.6 Å². The van der Waals surface area contributed by atoms with Gasteiger partial charge in [-0.15, -0.1) is 12.4 Å². The van der Waals surface area contributed by atoms with Gasteiger partial charge in [-0.25, -0.2) is 8.42 Å². The Morgan fingerprint density at radius 1 is 1.23 bits per heavy atom. The van der Waals surface area contributed by atoms with Gasteiger partial charge >= 0.3 is 0 Å². The molecule has 1 aliphatic heterocycles. The standard InChI is InChI=1S/C18H28N2O4S.ClH/c1-14(2)15-4-6-16(7-5-15)24-13-12-20-17(21)18(25(3,22)23)8-10-19-11-9-18;/h4-7,14,19H,8-13H2,1-3H3,(H,20,21);1H. The summed E-state index contributed by atoms with van der Waals surface area (Å²) in [5.74, 6) is 0.777. The molecule has 1 aromatic rings. The molecule has 0 aromatic heterocycles. The van der Waals surface area contributed by atoms with E-state index in [1.54, 1.807) is 0 Å². The van der Waals surface area contributed by atoms with Crippen LogP contribution in [-0.2, 0) is 14.6 Å². The predicted octanol–water partition coefficient (Wildman–Crippen LogP) is 1.89. The number of amides is 1. The van der Waals surface area contributed by atoms with Gasteiger partial charge in [0.25, 0.3) is 0 Å². The van der Waals surface area contributed by atoms with E-state index in [9.17, 15) is 13.2 Å². The second-order valence-electron chi connectivity index (χ2n) is 6.84. The molecule has 0 saturated carbocycles. The molecule has 2 N–H and O–H groups in total. The van der Waals surface area contributed by atoms with Crippen LogP contribution in [0.3, 0.4) is 0 Å². The molecular weight excluding hydrogens is 376 g/mol. The zero-order valence-corrected chi connectivity index (χ0v) is 17.2. The summed E-state index contributed by atoms with van der Waals surface area (Å²) in [4.78, 5) is 12.5. The summed E-state index contributed by atoms with van der Waals surface area (Å²) < 4.78 is 28.6. The third-order valence-corrected chi connectivity index (χ3v) is 6.75. The van der Waals surface area contributed by atoms with Crippen LogP contribution >= 0.6 is 12.4 Å². The Morgan fingerprint density at radius 2 is 1.81 bits per heavy atom. The van der Waals surface area contributed by atoms with Crippen molar-refractivity contribution in [1.82, 2.24) is 10.6 Å². The lowest BCUT2D eigenvalue weighted by Crippen LogP contribution is -2.57. The highest BCUT2D eigenvalue weighted by molar-refractivity contribution is 7.92. The lowest BCUT2D eigenvalue weighted by atomic mass is 9.96. The molecule has 1 saturated heterocycles. The van der Waals surface area contributed by atoms with Crippen molar-refractivity contribution in [3.8, 4) is 5.75 Å². The van der Waals surface area contributed by atoms with Crippen LogP contribution in [0.25, 0.3) is 0 Å². The molecule has 6 nitrogen and oxygen atoms in total. The van der Waals surface area contributed by atoms with Gasteiger partial charge in [0.2, 0.25) is 5.91 Å². The number of piperidine rings is 1. The minimum atomic E-state index is -3.48. The number of benzene rings is 1. The number of ether oxygens (including phenoxy) is 1. The quantitative estimate of drug-likeness (QED) is 0.678. The first-order valence-electron chi connectivity index (χ1n) is 8.68. The fraction of sp³-hybridized carbons (Fsp3) is 0.611. The fourth-order valence-corrected chi connectivity index (χ4v) is 4.39. The maximum atomic E-state index is 12.5. The number of hydrogen-bond donors (Lipinski definition) is 2. The second kappa shape index (κ2) is 9.58. The first-order valence-corrected chi connectivity index (χ1v) is 10.6. The zero-order valence-electron chi connectivity index (χ0n) is 15.6. The lowest BCUT2D eigenvalue weighted by Gasteiger charge is -2.34. The normalized spacial score (nSPS) is 16.6. The van der Waals surface area contributed by atoms with Gasteiger partial charge in [-0.3, -0.25) is 4.79 Å². The van der Waals surface area contributed by atoms with Gasteiger partial charge in [-0.1, -0.05) is 26.0 Å². The first-order chi connectivity index (χ1) is 11.8. The second-order valence-corrected chi connectivity index (χ2v) is 9.17. The van der Waals surface area contributed by atoms with E-state index in [2.05, 4.69) is 24.5 Å². The number of hydrogen-bond acceptors (Lipinski definition) is 5. The number of sulfone groups is 1. The molecule has 1 fully saturated rings. The Balaban J connectivity index is 0.00000338. The van der Waals surface area contributed by atoms with E-state index in [1.165, 1.54) is 5.56 Å². The summed E-state index contributed by atoms with van der Waals surface area (Å²) in [6.07, 6.45) is 1.75. The maximum Gasteiger partial charge on any atom is 0.241 e. The van der Waals surface area contributed by atoms with Crippen molar-refractivity contribution >= 4 is 28.2 Å². The number of rotatable bonds is 7. The molecule has 8 heteroatoms. The highest BCUT2D eigenvalue weighted by Gasteiger charge is 2.48. The van der Waals surface area contributed by atoms with Crippen molar-refractivity contribution in [2.45, 2.75) is 37.4 Å². The van der Waals surface area contributed by atoms with E-state index >= 15 is 0 Å². The molecule has 1 aliphatic rings. The molecule has 0 atom stereocenters. The molecule has 0 unspecified atom stereocenters. The van der Waals surface area contributed by atoms with Crippen LogP contribution < -0.4 is 15.4 Å². The van der Waals surface area contributed by atoms with Gasteiger partial charge in [0.1, 0.15) is 12.4 Å². The van der Waals surface area contributed by atoms with Crippen molar-refractivity contribution in [1.29, 1.82) is 0 Å². The topological polar surface area (TPSA) is 84.5 Å². The summed E-state index contributed by atoms with van der Waals surface area (Å²) in [5, 5.41) is 5.83. The van der Waals surface area contributed by atoms with Gasteiger partial charge in [0.05, 0.1) is 6.54 Å². The highest BCUT2D eigenvalue weighted by Crippen LogP contribution is 2.27. The van der Waals surface area contributed by atoms with E-state index in [4.69, 9.17) is 4.74 Å². The minimum Gasteiger partial charge on any atom is -0.492 e. The van der Waals surface area contributed by atoms with Crippen LogP contribution in [0, 0.1) is 0 Å². The van der Waals surface area contributed by atoms with E-state index in [-0.39, 0.29) is 19.0 Å². The molecule has 0 radical (unpaired) electrons. The van der Waals surface area contributed by atoms with E-state index in [1.807, 2.05) is 24.3 Å². The van der Waals surface area contributed by atoms with Crippen LogP contribution in [0.2, 0.25) is 0 Å². The highest BCUT2D eigenvalue weighted by atomic mass is 35.5. The maximum absolute atomic E-state index is 12.5. The van der Waals surface area contributed by atoms with Crippen LogP contribution in [0.5, 0.6) is 5.75 Å². The third-order valence-electron chi connectivity index (χ3n) is 4.74. The molecule has 1 aromatic carbocycles. The number of carbonyl (C=O) groups is 1. The fourth-order valence-electron chi connectivity index (χ4n) is 3.04. The van der Waals surface area contributed by atoms with Crippen LogP contribution in [0.4, 0.5) is 0 Å². The largest absolute Gasteiger partial charge is 0.492 e. The van der Waals surface area contributed by atoms with Crippen molar-refractivity contribution in [2.75, 3.05) is 32.5 Å². The van der Waals surface area contributed by atoms with E-state index < -0.39 is 20.5 Å². The minimum absolute atomic E-state index is 0. The number of carbonyl (C=O) groups excluding carboxylic acids is 1.